The quantitative estimate of drug-likeness (QED) is 0.595. The summed E-state index contributed by atoms with van der Waals surface area (Å²) in [6.45, 7) is 2.01. The van der Waals surface area contributed by atoms with Gasteiger partial charge in [-0.05, 0) is 42.5 Å². The van der Waals surface area contributed by atoms with Crippen molar-refractivity contribution in [3.05, 3.63) is 53.8 Å². The van der Waals surface area contributed by atoms with Crippen LogP contribution in [0.1, 0.15) is 31.2 Å². The summed E-state index contributed by atoms with van der Waals surface area (Å²) in [6, 6.07) is 6.95. The van der Waals surface area contributed by atoms with Crippen LogP contribution in [0, 0.1) is 5.92 Å². The van der Waals surface area contributed by atoms with E-state index < -0.39 is 7.75 Å². The minimum atomic E-state index is -4.47. The number of phenols is 1. The normalized spacial score (nSPS) is 19.3. The predicted molar refractivity (Wildman–Crippen MR) is 86.7 cm³/mol. The zero-order valence-electron chi connectivity index (χ0n) is 12.7. The van der Waals surface area contributed by atoms with E-state index in [0.717, 1.165) is 12.0 Å². The van der Waals surface area contributed by atoms with Crippen molar-refractivity contribution in [3.63, 3.8) is 0 Å². The van der Waals surface area contributed by atoms with Crippen LogP contribution in [0.15, 0.2) is 48.2 Å². The fourth-order valence-electron chi connectivity index (χ4n) is 2.74. The summed E-state index contributed by atoms with van der Waals surface area (Å²) in [6.07, 6.45) is 5.66. The number of carbonyl (C=O) groups excluding carboxylic acids is 1. The highest BCUT2D eigenvalue weighted by atomic mass is 31.2. The van der Waals surface area contributed by atoms with Crippen molar-refractivity contribution in [3.8, 4) is 5.75 Å². The molecule has 0 bridgehead atoms. The number of nitrogens with one attached hydrogen (secondary N) is 1. The Kier molecular flexibility index (Phi) is 5.42. The molecule has 2 unspecified atom stereocenters. The Labute approximate surface area is 134 Å². The summed E-state index contributed by atoms with van der Waals surface area (Å²) in [5.74, 6) is -0.332. The smallest absolute Gasteiger partial charge is 0.427 e. The van der Waals surface area contributed by atoms with E-state index in [9.17, 15) is 14.5 Å². The topological polar surface area (TPSA) is 107 Å². The minimum absolute atomic E-state index is 0.0897. The molecule has 1 aromatic rings. The molecule has 2 atom stereocenters. The molecular weight excluding hydrogens is 317 g/mol. The number of carbonyl (C=O) groups is 1. The summed E-state index contributed by atoms with van der Waals surface area (Å²) >= 11 is 0. The highest BCUT2D eigenvalue weighted by Gasteiger charge is 2.26. The second-order valence-electron chi connectivity index (χ2n) is 5.56. The Bertz CT molecular complexity index is 691. The first-order chi connectivity index (χ1) is 10.8. The molecule has 0 aromatic heterocycles. The molecule has 124 valence electrons. The van der Waals surface area contributed by atoms with E-state index in [1.165, 1.54) is 12.2 Å². The van der Waals surface area contributed by atoms with Gasteiger partial charge in [0.1, 0.15) is 5.75 Å². The summed E-state index contributed by atoms with van der Waals surface area (Å²) in [5, 5.41) is 11.8. The predicted octanol–water partition coefficient (Wildman–Crippen LogP) is 2.60. The zero-order valence-corrected chi connectivity index (χ0v) is 13.6. The monoisotopic (exact) mass is 337 g/mol. The fraction of sp³-hybridized carbons (Fsp3) is 0.312. The Morgan fingerprint density at radius 2 is 2.09 bits per heavy atom. The average molecular weight is 337 g/mol. The Hall–Kier alpha value is -1.88. The van der Waals surface area contributed by atoms with Crippen LogP contribution < -0.4 is 5.09 Å². The van der Waals surface area contributed by atoms with Gasteiger partial charge >= 0.3 is 7.75 Å². The van der Waals surface area contributed by atoms with Gasteiger partial charge in [0.25, 0.3) is 0 Å². The molecule has 1 aliphatic rings. The van der Waals surface area contributed by atoms with Crippen molar-refractivity contribution in [1.29, 1.82) is 0 Å². The van der Waals surface area contributed by atoms with Gasteiger partial charge in [0.05, 0.1) is 0 Å². The fourth-order valence-corrected chi connectivity index (χ4v) is 3.30. The lowest BCUT2D eigenvalue weighted by atomic mass is 9.84. The van der Waals surface area contributed by atoms with Crippen molar-refractivity contribution >= 4 is 13.5 Å². The number of hydrogen-bond donors (Lipinski definition) is 4. The molecule has 23 heavy (non-hydrogen) atoms. The van der Waals surface area contributed by atoms with Crippen molar-refractivity contribution in [2.24, 2.45) is 5.92 Å². The molecule has 0 amide bonds. The van der Waals surface area contributed by atoms with Gasteiger partial charge in [-0.2, -0.15) is 0 Å². The van der Waals surface area contributed by atoms with E-state index in [2.05, 4.69) is 5.09 Å². The molecule has 0 fully saturated rings. The first kappa shape index (κ1) is 17.5. The largest absolute Gasteiger partial charge is 0.508 e. The molecule has 0 heterocycles. The van der Waals surface area contributed by atoms with Crippen molar-refractivity contribution in [1.82, 2.24) is 5.09 Å². The lowest BCUT2D eigenvalue weighted by Gasteiger charge is -2.26. The molecule has 7 heteroatoms. The minimum Gasteiger partial charge on any atom is -0.508 e. The second-order valence-corrected chi connectivity index (χ2v) is 6.87. The second kappa shape index (κ2) is 7.13. The average Bonchev–Trinajstić information content (AvgIpc) is 2.45. The number of phenolic OH excluding ortho intramolecular Hbond substituents is 1. The van der Waals surface area contributed by atoms with Crippen LogP contribution in [0.5, 0.6) is 5.75 Å². The third-order valence-electron chi connectivity index (χ3n) is 3.84. The SMILES string of the molecule is CCC(CC1C=CC(=O)C=C1NP(=O)(O)O)c1cccc(O)c1. The molecular formula is C16H20NO5P. The summed E-state index contributed by atoms with van der Waals surface area (Å²) in [7, 11) is -4.47. The van der Waals surface area contributed by atoms with Crippen LogP contribution in [0.3, 0.4) is 0 Å². The summed E-state index contributed by atoms with van der Waals surface area (Å²) in [4.78, 5) is 29.7. The Morgan fingerprint density at radius 1 is 1.35 bits per heavy atom. The first-order valence-electron chi connectivity index (χ1n) is 7.35. The van der Waals surface area contributed by atoms with Crippen LogP contribution in [0.25, 0.3) is 0 Å². The number of allylic oxidation sites excluding steroid dienone is 3. The van der Waals surface area contributed by atoms with E-state index >= 15 is 0 Å². The number of benzene rings is 1. The van der Waals surface area contributed by atoms with E-state index in [0.29, 0.717) is 6.42 Å². The maximum atomic E-state index is 11.5. The van der Waals surface area contributed by atoms with Crippen LogP contribution in [0.4, 0.5) is 0 Å². The molecule has 0 saturated carbocycles. The molecule has 0 radical (unpaired) electrons. The van der Waals surface area contributed by atoms with E-state index in [1.807, 2.05) is 13.0 Å². The van der Waals surface area contributed by atoms with Gasteiger partial charge in [0.15, 0.2) is 5.78 Å². The molecule has 1 aromatic carbocycles. The van der Waals surface area contributed by atoms with Crippen LogP contribution in [-0.2, 0) is 9.36 Å². The van der Waals surface area contributed by atoms with Gasteiger partial charge in [0, 0.05) is 17.7 Å². The highest BCUT2D eigenvalue weighted by Crippen LogP contribution is 2.37. The highest BCUT2D eigenvalue weighted by molar-refractivity contribution is 7.49. The number of aromatic hydroxyl groups is 1. The molecule has 1 aliphatic carbocycles. The van der Waals surface area contributed by atoms with Gasteiger partial charge in [-0.3, -0.25) is 9.88 Å². The van der Waals surface area contributed by atoms with Crippen molar-refractivity contribution < 1.29 is 24.3 Å². The molecule has 0 saturated heterocycles. The standard InChI is InChI=1S/C16H20NO5P/c1-2-11(12-4-3-5-14(18)9-12)8-13-6-7-15(19)10-16(13)17-23(20,21)22/h3-7,9-11,13,18H,2,8H2,1H3,(H3,17,20,21,22). The molecule has 4 N–H and O–H groups in total. The Balaban J connectivity index is 2.21. The number of hydrogen-bond acceptors (Lipinski definition) is 3. The van der Waals surface area contributed by atoms with E-state index in [1.54, 1.807) is 24.3 Å². The number of ketones is 1. The molecule has 2 rings (SSSR count). The van der Waals surface area contributed by atoms with Crippen LogP contribution >= 0.6 is 7.75 Å². The van der Waals surface area contributed by atoms with E-state index in [4.69, 9.17) is 9.79 Å². The van der Waals surface area contributed by atoms with Crippen LogP contribution in [-0.4, -0.2) is 20.7 Å². The zero-order chi connectivity index (χ0) is 17.0. The Morgan fingerprint density at radius 3 is 2.70 bits per heavy atom. The van der Waals surface area contributed by atoms with Gasteiger partial charge in [-0.25, -0.2) is 4.57 Å². The molecule has 6 nitrogen and oxygen atoms in total. The maximum Gasteiger partial charge on any atom is 0.427 e. The molecule has 0 spiro atoms. The summed E-state index contributed by atoms with van der Waals surface area (Å²) in [5.41, 5.74) is 1.18. The third-order valence-corrected chi connectivity index (χ3v) is 4.39. The lowest BCUT2D eigenvalue weighted by molar-refractivity contribution is -0.110. The van der Waals surface area contributed by atoms with Crippen molar-refractivity contribution in [2.45, 2.75) is 25.7 Å². The first-order valence-corrected chi connectivity index (χ1v) is 8.96. The number of rotatable bonds is 6. The van der Waals surface area contributed by atoms with Gasteiger partial charge < -0.3 is 14.9 Å². The maximum absolute atomic E-state index is 11.5. The van der Waals surface area contributed by atoms with Gasteiger partial charge in [-0.1, -0.05) is 25.1 Å². The summed E-state index contributed by atoms with van der Waals surface area (Å²) < 4.78 is 11.2. The third kappa shape index (κ3) is 5.06. The lowest BCUT2D eigenvalue weighted by Crippen LogP contribution is -2.22. The van der Waals surface area contributed by atoms with Gasteiger partial charge in [0.2, 0.25) is 0 Å². The van der Waals surface area contributed by atoms with Crippen molar-refractivity contribution in [2.75, 3.05) is 0 Å². The van der Waals surface area contributed by atoms with Gasteiger partial charge in [-0.15, -0.1) is 0 Å². The van der Waals surface area contributed by atoms with Crippen LogP contribution in [0.2, 0.25) is 0 Å². The van der Waals surface area contributed by atoms with E-state index in [-0.39, 0.29) is 29.1 Å². The molecule has 0 aliphatic heterocycles.